The van der Waals surface area contributed by atoms with Gasteiger partial charge in [-0.1, -0.05) is 12.8 Å². The van der Waals surface area contributed by atoms with E-state index in [0.717, 1.165) is 22.5 Å². The molecule has 1 saturated carbocycles. The summed E-state index contributed by atoms with van der Waals surface area (Å²) in [6.45, 7) is 0.833. The number of nitrogens with zero attached hydrogens (tertiary/aromatic N) is 3. The van der Waals surface area contributed by atoms with Crippen LogP contribution in [0.2, 0.25) is 0 Å². The van der Waals surface area contributed by atoms with E-state index in [1.165, 1.54) is 0 Å². The summed E-state index contributed by atoms with van der Waals surface area (Å²) in [5, 5.41) is 15.5. The molecule has 0 bridgehead atoms. The van der Waals surface area contributed by atoms with Gasteiger partial charge in [-0.2, -0.15) is 9.19 Å². The fourth-order valence-corrected chi connectivity index (χ4v) is 7.03. The van der Waals surface area contributed by atoms with Crippen molar-refractivity contribution in [3.05, 3.63) is 52.6 Å². The minimum Gasteiger partial charge on any atom is -0.465 e. The summed E-state index contributed by atoms with van der Waals surface area (Å²) in [6.07, 6.45) is 2.32. The van der Waals surface area contributed by atoms with Crippen LogP contribution in [0.5, 0.6) is 0 Å². The summed E-state index contributed by atoms with van der Waals surface area (Å²) in [6, 6.07) is -0.104. The maximum absolute atomic E-state index is 14.4. The van der Waals surface area contributed by atoms with E-state index in [1.54, 1.807) is 6.20 Å². The summed E-state index contributed by atoms with van der Waals surface area (Å²) in [5.41, 5.74) is 1.13. The van der Waals surface area contributed by atoms with Crippen molar-refractivity contribution in [1.29, 1.82) is 0 Å². The van der Waals surface area contributed by atoms with Crippen molar-refractivity contribution >= 4 is 16.1 Å². The number of benzene rings is 1. The minimum atomic E-state index is -3.54. The smallest absolute Gasteiger partial charge is 0.404 e. The molecule has 3 heterocycles. The number of hydrogen-bond acceptors (Lipinski definition) is 6. The first kappa shape index (κ1) is 24.1. The molecule has 190 valence electrons. The SMILES string of the molecule is O=C(O)N[C@H]1C[C@@H](N2Cc3cn(S(=O)(=O)C4CCCC4)nc3C2)CO[C@@H]1c1cc(F)c(F)cc1F. The zero-order valence-electron chi connectivity index (χ0n) is 18.7. The van der Waals surface area contributed by atoms with Gasteiger partial charge in [0.05, 0.1) is 23.6 Å². The van der Waals surface area contributed by atoms with Gasteiger partial charge >= 0.3 is 6.09 Å². The molecule has 1 saturated heterocycles. The van der Waals surface area contributed by atoms with E-state index in [1.807, 2.05) is 4.90 Å². The third-order valence-corrected chi connectivity index (χ3v) is 9.12. The van der Waals surface area contributed by atoms with Gasteiger partial charge in [0.1, 0.15) is 11.9 Å². The van der Waals surface area contributed by atoms with Crippen molar-refractivity contribution in [3.8, 4) is 0 Å². The molecular weight excluding hydrogens is 489 g/mol. The largest absolute Gasteiger partial charge is 0.465 e. The highest BCUT2D eigenvalue weighted by Gasteiger charge is 2.40. The van der Waals surface area contributed by atoms with Crippen molar-refractivity contribution in [2.24, 2.45) is 0 Å². The van der Waals surface area contributed by atoms with Gasteiger partial charge in [0, 0.05) is 42.5 Å². The van der Waals surface area contributed by atoms with Crippen molar-refractivity contribution in [3.63, 3.8) is 0 Å². The van der Waals surface area contributed by atoms with Crippen LogP contribution in [0, 0.1) is 17.5 Å². The molecule has 1 amide bonds. The fourth-order valence-electron chi connectivity index (χ4n) is 5.31. The number of fused-ring (bicyclic) bond motifs is 1. The van der Waals surface area contributed by atoms with E-state index in [2.05, 4.69) is 10.4 Å². The number of halogens is 3. The molecule has 9 nitrogen and oxygen atoms in total. The number of rotatable bonds is 5. The summed E-state index contributed by atoms with van der Waals surface area (Å²) in [4.78, 5) is 13.4. The molecule has 2 fully saturated rings. The average Bonchev–Trinajstić information content (AvgIpc) is 3.53. The molecule has 1 aliphatic carbocycles. The van der Waals surface area contributed by atoms with Crippen molar-refractivity contribution in [1.82, 2.24) is 19.4 Å². The Bertz CT molecular complexity index is 1220. The number of amides is 1. The van der Waals surface area contributed by atoms with Crippen LogP contribution in [0.4, 0.5) is 18.0 Å². The molecule has 0 unspecified atom stereocenters. The van der Waals surface area contributed by atoms with Crippen LogP contribution in [-0.4, -0.2) is 57.6 Å². The van der Waals surface area contributed by atoms with Gasteiger partial charge in [0.2, 0.25) is 0 Å². The molecule has 1 aromatic heterocycles. The lowest BCUT2D eigenvalue weighted by Crippen LogP contribution is -2.51. The van der Waals surface area contributed by atoms with Gasteiger partial charge < -0.3 is 15.2 Å². The van der Waals surface area contributed by atoms with Crippen molar-refractivity contribution in [2.45, 2.75) is 68.6 Å². The number of carboxylic acid groups (broad SMARTS) is 1. The van der Waals surface area contributed by atoms with E-state index < -0.39 is 51.0 Å². The Morgan fingerprint density at radius 3 is 2.51 bits per heavy atom. The third kappa shape index (κ3) is 4.52. The predicted octanol–water partition coefficient (Wildman–Crippen LogP) is 2.90. The number of ether oxygens (including phenoxy) is 1. The van der Waals surface area contributed by atoms with Crippen LogP contribution in [-0.2, 0) is 27.8 Å². The molecule has 1 aromatic carbocycles. The average molecular weight is 515 g/mol. The fraction of sp³-hybridized carbons (Fsp3) is 0.545. The number of hydrogen-bond donors (Lipinski definition) is 2. The first-order chi connectivity index (χ1) is 16.6. The number of aromatic nitrogens is 2. The Morgan fingerprint density at radius 1 is 1.11 bits per heavy atom. The Labute approximate surface area is 199 Å². The van der Waals surface area contributed by atoms with Gasteiger partial charge in [-0.05, 0) is 25.3 Å². The van der Waals surface area contributed by atoms with Gasteiger partial charge in [0.15, 0.2) is 11.6 Å². The molecule has 35 heavy (non-hydrogen) atoms. The highest BCUT2D eigenvalue weighted by molar-refractivity contribution is 7.90. The number of nitrogens with one attached hydrogen (secondary N) is 1. The van der Waals surface area contributed by atoms with Crippen LogP contribution < -0.4 is 5.32 Å². The third-order valence-electron chi connectivity index (χ3n) is 7.10. The van der Waals surface area contributed by atoms with Crippen LogP contribution in [0.3, 0.4) is 0 Å². The molecule has 3 aliphatic rings. The maximum Gasteiger partial charge on any atom is 0.404 e. The Hall–Kier alpha value is -2.64. The van der Waals surface area contributed by atoms with E-state index >= 15 is 0 Å². The standard InChI is InChI=1S/C22H25F3N4O5S/c23-16-7-18(25)17(24)6-15(16)21-19(26-22(30)31)5-13(11-34-21)28-8-12-9-29(27-20(12)10-28)35(32,33)14-3-1-2-4-14/h6-7,9,13-14,19,21,26H,1-5,8,10-11H2,(H,30,31)/t13-,19+,21-/m1/s1. The number of carbonyl (C=O) groups is 1. The molecular formula is C22H25F3N4O5S. The highest BCUT2D eigenvalue weighted by Crippen LogP contribution is 2.36. The molecule has 2 N–H and O–H groups in total. The molecule has 5 rings (SSSR count). The monoisotopic (exact) mass is 514 g/mol. The van der Waals surface area contributed by atoms with Crippen molar-refractivity contribution in [2.75, 3.05) is 6.61 Å². The van der Waals surface area contributed by atoms with Gasteiger partial charge in [-0.25, -0.2) is 26.4 Å². The molecule has 0 spiro atoms. The van der Waals surface area contributed by atoms with Crippen LogP contribution in [0.15, 0.2) is 18.3 Å². The lowest BCUT2D eigenvalue weighted by molar-refractivity contribution is -0.0602. The lowest BCUT2D eigenvalue weighted by Gasteiger charge is -2.40. The minimum absolute atomic E-state index is 0.0888. The second kappa shape index (κ2) is 9.10. The van der Waals surface area contributed by atoms with E-state index in [0.29, 0.717) is 43.8 Å². The summed E-state index contributed by atoms with van der Waals surface area (Å²) in [5.74, 6) is -3.62. The molecule has 2 aliphatic heterocycles. The summed E-state index contributed by atoms with van der Waals surface area (Å²) < 4.78 is 74.0. The predicted molar refractivity (Wildman–Crippen MR) is 116 cm³/mol. The first-order valence-electron chi connectivity index (χ1n) is 11.4. The Balaban J connectivity index is 1.31. The molecule has 3 atom stereocenters. The second-order valence-electron chi connectivity index (χ2n) is 9.32. The highest BCUT2D eigenvalue weighted by atomic mass is 32.2. The Morgan fingerprint density at radius 2 is 1.83 bits per heavy atom. The second-order valence-corrected chi connectivity index (χ2v) is 11.4. The lowest BCUT2D eigenvalue weighted by atomic mass is 9.92. The normalized spacial score (nSPS) is 25.6. The summed E-state index contributed by atoms with van der Waals surface area (Å²) >= 11 is 0. The summed E-state index contributed by atoms with van der Waals surface area (Å²) in [7, 11) is -3.54. The topological polar surface area (TPSA) is 114 Å². The Kier molecular flexibility index (Phi) is 6.26. The first-order valence-corrected chi connectivity index (χ1v) is 12.9. The van der Waals surface area contributed by atoms with Gasteiger partial charge in [0.25, 0.3) is 10.0 Å². The zero-order chi connectivity index (χ0) is 24.9. The van der Waals surface area contributed by atoms with E-state index in [-0.39, 0.29) is 24.6 Å². The molecule has 0 radical (unpaired) electrons. The van der Waals surface area contributed by atoms with Gasteiger partial charge in [-0.3, -0.25) is 4.90 Å². The molecule has 2 aromatic rings. The van der Waals surface area contributed by atoms with E-state index in [4.69, 9.17) is 4.74 Å². The van der Waals surface area contributed by atoms with Gasteiger partial charge in [-0.15, -0.1) is 0 Å². The van der Waals surface area contributed by atoms with E-state index in [9.17, 15) is 31.5 Å². The molecule has 13 heteroatoms. The quantitative estimate of drug-likeness (QED) is 0.590. The zero-order valence-corrected chi connectivity index (χ0v) is 19.5. The van der Waals surface area contributed by atoms with Crippen LogP contribution in [0.1, 0.15) is 55.0 Å². The maximum atomic E-state index is 14.4. The van der Waals surface area contributed by atoms with Crippen LogP contribution >= 0.6 is 0 Å². The van der Waals surface area contributed by atoms with Crippen molar-refractivity contribution < 1.29 is 36.2 Å². The van der Waals surface area contributed by atoms with Crippen LogP contribution in [0.25, 0.3) is 0 Å².